The third-order valence-corrected chi connectivity index (χ3v) is 9.52. The van der Waals surface area contributed by atoms with E-state index in [4.69, 9.17) is 0 Å². The van der Waals surface area contributed by atoms with Gasteiger partial charge in [0.2, 0.25) is 0 Å². The highest BCUT2D eigenvalue weighted by molar-refractivity contribution is 6.26. The van der Waals surface area contributed by atoms with Gasteiger partial charge in [0.05, 0.1) is 0 Å². The molecule has 0 aliphatic heterocycles. The molecule has 0 spiro atoms. The van der Waals surface area contributed by atoms with Crippen LogP contribution in [0.25, 0.3) is 27.5 Å². The van der Waals surface area contributed by atoms with Crippen LogP contribution in [0.2, 0.25) is 0 Å². The van der Waals surface area contributed by atoms with Crippen molar-refractivity contribution in [2.45, 2.75) is 98.3 Å². The van der Waals surface area contributed by atoms with Crippen LogP contribution in [0, 0.1) is 19.8 Å². The molecule has 0 aromatic heterocycles. The van der Waals surface area contributed by atoms with Gasteiger partial charge in [0.25, 0.3) is 0 Å². The summed E-state index contributed by atoms with van der Waals surface area (Å²) in [7, 11) is 0. The molecule has 1 aliphatic carbocycles. The third kappa shape index (κ3) is 6.12. The summed E-state index contributed by atoms with van der Waals surface area (Å²) < 4.78 is 0. The Morgan fingerprint density at radius 2 is 1.40 bits per heavy atom. The van der Waals surface area contributed by atoms with E-state index >= 15 is 0 Å². The zero-order chi connectivity index (χ0) is 37.9. The van der Waals surface area contributed by atoms with Crippen LogP contribution in [0.4, 0.5) is 0 Å². The van der Waals surface area contributed by atoms with E-state index in [-0.39, 0.29) is 45.0 Å². The molecule has 1 aliphatic rings. The molecule has 0 saturated heterocycles. The summed E-state index contributed by atoms with van der Waals surface area (Å²) in [6.45, 7) is 16.1. The average Bonchev–Trinajstić information content (AvgIpc) is 2.99. The van der Waals surface area contributed by atoms with Crippen LogP contribution < -0.4 is 5.32 Å². The van der Waals surface area contributed by atoms with E-state index in [1.54, 1.807) is 39.8 Å². The second kappa shape index (κ2) is 13.0. The summed E-state index contributed by atoms with van der Waals surface area (Å²) in [5.41, 5.74) is -1.43. The van der Waals surface area contributed by atoms with Crippen molar-refractivity contribution in [2.24, 2.45) is 10.9 Å². The fourth-order valence-corrected chi connectivity index (χ4v) is 6.58. The topological polar surface area (TPSA) is 217 Å². The number of Topliss-reactive ketones (excluding diaryl/α,β-unsaturated/α-hetero) is 1. The number of rotatable bonds is 9. The van der Waals surface area contributed by atoms with Crippen LogP contribution in [0.3, 0.4) is 0 Å². The number of phenols is 4. The lowest BCUT2D eigenvalue weighted by atomic mass is 9.70. The molecule has 8 N–H and O–H groups in total. The first kappa shape index (κ1) is 37.7. The summed E-state index contributed by atoms with van der Waals surface area (Å²) in [5, 5.41) is 80.3. The Kier molecular flexibility index (Phi) is 9.79. The lowest BCUT2D eigenvalue weighted by molar-refractivity contribution is -0.143. The number of carboxylic acids is 2. The van der Waals surface area contributed by atoms with Gasteiger partial charge in [0.15, 0.2) is 22.8 Å². The van der Waals surface area contributed by atoms with Gasteiger partial charge >= 0.3 is 11.9 Å². The number of fused-ring (bicyclic) bond motifs is 2. The molecule has 3 aromatic rings. The number of aliphatic hydroxyl groups excluding tert-OH is 1. The van der Waals surface area contributed by atoms with Gasteiger partial charge in [0, 0.05) is 57.1 Å². The van der Waals surface area contributed by atoms with Crippen molar-refractivity contribution in [3.05, 3.63) is 51.7 Å². The van der Waals surface area contributed by atoms with Gasteiger partial charge in [0.1, 0.15) is 23.1 Å². The van der Waals surface area contributed by atoms with Crippen LogP contribution in [0.1, 0.15) is 101 Å². The number of hydrogen-bond donors (Lipinski definition) is 8. The monoisotopic (exact) mass is 690 g/mol. The predicted molar refractivity (Wildman–Crippen MR) is 190 cm³/mol. The number of aliphatic hydroxyl groups is 1. The number of aryl methyl sites for hydroxylation is 2. The van der Waals surface area contributed by atoms with Gasteiger partial charge in [-0.3, -0.25) is 9.79 Å². The maximum absolute atomic E-state index is 13.7. The molecule has 0 saturated carbocycles. The van der Waals surface area contributed by atoms with Crippen molar-refractivity contribution in [1.29, 1.82) is 0 Å². The first-order chi connectivity index (χ1) is 23.0. The van der Waals surface area contributed by atoms with E-state index in [0.717, 1.165) is 6.21 Å². The highest BCUT2D eigenvalue weighted by Crippen LogP contribution is 2.54. The second-order valence-electron chi connectivity index (χ2n) is 14.7. The van der Waals surface area contributed by atoms with Crippen molar-refractivity contribution in [1.82, 2.24) is 5.32 Å². The summed E-state index contributed by atoms with van der Waals surface area (Å²) in [5.74, 6) is -6.39. The SMILES string of the molecule is Cc1cc2c(c(O)c1-c1c(C)cc3c(C(C)C)c(O)c(O)c(C=NC(C)(C)C(=O)O)c3c1O)/C(=C/NC(C)(C)C(=O)O)C(=O)C(O)[C@@H]2C(C)C. The number of aromatic hydroxyl groups is 4. The number of carbonyl (C=O) groups is 3. The number of phenolic OH excluding ortho intramolecular Hbond substituents is 4. The van der Waals surface area contributed by atoms with Crippen molar-refractivity contribution >= 4 is 40.3 Å². The Hall–Kier alpha value is -5.10. The molecule has 3 aromatic carbocycles. The van der Waals surface area contributed by atoms with Crippen molar-refractivity contribution in [2.75, 3.05) is 0 Å². The number of nitrogens with one attached hydrogen (secondary N) is 1. The Labute approximate surface area is 290 Å². The van der Waals surface area contributed by atoms with Gasteiger partial charge in [-0.1, -0.05) is 39.8 Å². The zero-order valence-electron chi connectivity index (χ0n) is 29.9. The summed E-state index contributed by atoms with van der Waals surface area (Å²) >= 11 is 0. The maximum atomic E-state index is 13.7. The van der Waals surface area contributed by atoms with Crippen molar-refractivity contribution < 1.29 is 50.1 Å². The number of aliphatic carboxylic acids is 2. The average molecular weight is 691 g/mol. The van der Waals surface area contributed by atoms with Gasteiger partial charge in [-0.25, -0.2) is 9.59 Å². The van der Waals surface area contributed by atoms with Gasteiger partial charge < -0.3 is 41.1 Å². The molecule has 0 bridgehead atoms. The number of benzene rings is 3. The van der Waals surface area contributed by atoms with Crippen LogP contribution in [0.15, 0.2) is 23.3 Å². The molecule has 0 amide bonds. The van der Waals surface area contributed by atoms with E-state index in [1.807, 2.05) is 13.8 Å². The Balaban J connectivity index is 2.19. The number of nitrogens with zero attached hydrogens (tertiary/aromatic N) is 1. The molecule has 0 radical (unpaired) electrons. The lowest BCUT2D eigenvalue weighted by Gasteiger charge is -2.35. The molecule has 12 heteroatoms. The minimum atomic E-state index is -1.63. The van der Waals surface area contributed by atoms with Crippen LogP contribution in [0.5, 0.6) is 23.0 Å². The number of hydrogen-bond acceptors (Lipinski definition) is 10. The molecule has 0 fully saturated rings. The Morgan fingerprint density at radius 3 is 1.92 bits per heavy atom. The predicted octanol–water partition coefficient (Wildman–Crippen LogP) is 5.83. The quantitative estimate of drug-likeness (QED) is 0.0759. The molecular formula is C38H46N2O10. The molecule has 4 rings (SSSR count). The number of carbonyl (C=O) groups excluding carboxylic acids is 1. The third-order valence-electron chi connectivity index (χ3n) is 9.52. The van der Waals surface area contributed by atoms with E-state index in [1.165, 1.54) is 33.9 Å². The first-order valence-corrected chi connectivity index (χ1v) is 16.3. The molecule has 50 heavy (non-hydrogen) atoms. The lowest BCUT2D eigenvalue weighted by Crippen LogP contribution is -2.44. The van der Waals surface area contributed by atoms with E-state index in [2.05, 4.69) is 10.3 Å². The molecule has 0 heterocycles. The summed E-state index contributed by atoms with van der Waals surface area (Å²) in [6.07, 6.45) is 0.777. The standard InChI is InChI=1S/C38H46N2O10/c1-15(2)23-19-11-17(5)25(31(43)27(19)21(29(41)33(23)45)13-39-37(7,8)35(47)48)26-18(6)12-20-24(16(3)4)34(46)30(42)22(28(20)32(26)44)14-40-38(9,10)36(49)50/h11-16,23,33,39,42-46H,1-10H3,(H,47,48)(H,49,50)/b21-13-,40-14?/t23-,33?/m1/s1. The first-order valence-electron chi connectivity index (χ1n) is 16.3. The highest BCUT2D eigenvalue weighted by Gasteiger charge is 2.42. The second-order valence-corrected chi connectivity index (χ2v) is 14.7. The fourth-order valence-electron chi connectivity index (χ4n) is 6.58. The number of aliphatic imine (C=N–C) groups is 1. The van der Waals surface area contributed by atoms with E-state index in [0.29, 0.717) is 27.6 Å². The largest absolute Gasteiger partial charge is 0.507 e. The molecular weight excluding hydrogens is 644 g/mol. The fraction of sp³-hybridized carbons (Fsp3) is 0.421. The van der Waals surface area contributed by atoms with Gasteiger partial charge in [-0.15, -0.1) is 0 Å². The van der Waals surface area contributed by atoms with Crippen LogP contribution in [-0.2, 0) is 14.4 Å². The zero-order valence-corrected chi connectivity index (χ0v) is 29.9. The summed E-state index contributed by atoms with van der Waals surface area (Å²) in [4.78, 5) is 41.6. The highest BCUT2D eigenvalue weighted by atomic mass is 16.4. The maximum Gasteiger partial charge on any atom is 0.330 e. The van der Waals surface area contributed by atoms with E-state index < -0.39 is 63.8 Å². The number of carboxylic acid groups (broad SMARTS) is 2. The van der Waals surface area contributed by atoms with Crippen molar-refractivity contribution in [3.63, 3.8) is 0 Å². The van der Waals surface area contributed by atoms with E-state index in [9.17, 15) is 50.1 Å². The van der Waals surface area contributed by atoms with Crippen molar-refractivity contribution in [3.8, 4) is 34.1 Å². The van der Waals surface area contributed by atoms with Gasteiger partial charge in [-0.05, 0) is 75.5 Å². The Bertz CT molecular complexity index is 2000. The smallest absolute Gasteiger partial charge is 0.330 e. The molecule has 2 atom stereocenters. The minimum Gasteiger partial charge on any atom is -0.507 e. The van der Waals surface area contributed by atoms with Crippen LogP contribution in [-0.4, -0.2) is 76.9 Å². The molecule has 12 nitrogen and oxygen atoms in total. The Morgan fingerprint density at radius 1 is 0.840 bits per heavy atom. The van der Waals surface area contributed by atoms with Crippen LogP contribution >= 0.6 is 0 Å². The normalized spacial score (nSPS) is 17.7. The van der Waals surface area contributed by atoms with Gasteiger partial charge in [-0.2, -0.15) is 0 Å². The molecule has 268 valence electrons. The molecule has 1 unspecified atom stereocenters. The summed E-state index contributed by atoms with van der Waals surface area (Å²) in [6, 6.07) is 3.39. The number of ketones is 1. The minimum absolute atomic E-state index is 0.0401.